The zero-order chi connectivity index (χ0) is 25.5. The smallest absolute Gasteiger partial charge is 0.310 e. The second-order valence-corrected chi connectivity index (χ2v) is 9.50. The summed E-state index contributed by atoms with van der Waals surface area (Å²) in [6, 6.07) is 20.1. The molecule has 3 aromatic rings. The molecule has 1 aliphatic carbocycles. The quantitative estimate of drug-likeness (QED) is 0.363. The molecular formula is C29H30ClNO5. The molecule has 0 bridgehead atoms. The van der Waals surface area contributed by atoms with E-state index in [2.05, 4.69) is 11.4 Å². The number of hydrogen-bond donors (Lipinski definition) is 2. The SMILES string of the molecule is COc1cc(CC(=O)Nc2cccc(C3CCC(OC(=O)Cc4ccccc4Cl)CC3)c2)ccc1O. The third-order valence-corrected chi connectivity index (χ3v) is 6.88. The Morgan fingerprint density at radius 3 is 2.50 bits per heavy atom. The highest BCUT2D eigenvalue weighted by atomic mass is 35.5. The van der Waals surface area contributed by atoms with E-state index in [1.54, 1.807) is 18.2 Å². The van der Waals surface area contributed by atoms with Crippen molar-refractivity contribution in [1.82, 2.24) is 0 Å². The summed E-state index contributed by atoms with van der Waals surface area (Å²) >= 11 is 6.15. The lowest BCUT2D eigenvalue weighted by atomic mass is 9.82. The maximum atomic E-state index is 12.6. The lowest BCUT2D eigenvalue weighted by molar-refractivity contribution is -0.149. The number of carbonyl (C=O) groups is 2. The first kappa shape index (κ1) is 25.6. The summed E-state index contributed by atoms with van der Waals surface area (Å²) < 4.78 is 10.8. The van der Waals surface area contributed by atoms with Crippen LogP contribution in [0.3, 0.4) is 0 Å². The molecule has 0 aliphatic heterocycles. The fourth-order valence-electron chi connectivity index (χ4n) is 4.63. The van der Waals surface area contributed by atoms with Crippen molar-refractivity contribution in [3.63, 3.8) is 0 Å². The number of carbonyl (C=O) groups excluding carboxylic acids is 2. The van der Waals surface area contributed by atoms with E-state index in [4.69, 9.17) is 21.1 Å². The summed E-state index contributed by atoms with van der Waals surface area (Å²) in [6.45, 7) is 0. The first-order chi connectivity index (χ1) is 17.4. The van der Waals surface area contributed by atoms with Crippen LogP contribution in [-0.2, 0) is 27.2 Å². The zero-order valence-electron chi connectivity index (χ0n) is 20.2. The third kappa shape index (κ3) is 6.79. The highest BCUT2D eigenvalue weighted by molar-refractivity contribution is 6.31. The number of phenols is 1. The molecule has 0 spiro atoms. The van der Waals surface area contributed by atoms with Crippen LogP contribution in [0.2, 0.25) is 5.02 Å². The number of amides is 1. The standard InChI is InChI=1S/C29H30ClNO5/c1-35-27-15-19(9-14-26(27)32)16-28(33)31-23-7-4-6-21(17-23)20-10-12-24(13-11-20)36-29(34)18-22-5-2-3-8-25(22)30/h2-9,14-15,17,20,24,32H,10-13,16,18H2,1H3,(H,31,33). The molecular weight excluding hydrogens is 478 g/mol. The monoisotopic (exact) mass is 507 g/mol. The fourth-order valence-corrected chi connectivity index (χ4v) is 4.83. The number of hydrogen-bond acceptors (Lipinski definition) is 5. The number of esters is 1. The molecule has 0 unspecified atom stereocenters. The molecule has 36 heavy (non-hydrogen) atoms. The van der Waals surface area contributed by atoms with Crippen LogP contribution in [0.1, 0.15) is 48.3 Å². The van der Waals surface area contributed by atoms with Gasteiger partial charge in [-0.15, -0.1) is 0 Å². The molecule has 1 saturated carbocycles. The molecule has 1 amide bonds. The average Bonchev–Trinajstić information content (AvgIpc) is 2.87. The van der Waals surface area contributed by atoms with Gasteiger partial charge in [-0.3, -0.25) is 9.59 Å². The number of ether oxygens (including phenoxy) is 2. The summed E-state index contributed by atoms with van der Waals surface area (Å²) in [7, 11) is 1.47. The van der Waals surface area contributed by atoms with Crippen molar-refractivity contribution in [3.8, 4) is 11.5 Å². The van der Waals surface area contributed by atoms with Crippen molar-refractivity contribution in [1.29, 1.82) is 0 Å². The molecule has 1 fully saturated rings. The topological polar surface area (TPSA) is 84.9 Å². The molecule has 0 aromatic heterocycles. The zero-order valence-corrected chi connectivity index (χ0v) is 21.0. The van der Waals surface area contributed by atoms with E-state index in [-0.39, 0.29) is 36.6 Å². The lowest BCUT2D eigenvalue weighted by Crippen LogP contribution is -2.24. The highest BCUT2D eigenvalue weighted by Crippen LogP contribution is 2.35. The number of halogens is 1. The molecule has 3 aromatic carbocycles. The maximum Gasteiger partial charge on any atom is 0.310 e. The second-order valence-electron chi connectivity index (χ2n) is 9.09. The van der Waals surface area contributed by atoms with E-state index in [0.717, 1.165) is 42.5 Å². The van der Waals surface area contributed by atoms with Gasteiger partial charge in [0.15, 0.2) is 11.5 Å². The average molecular weight is 508 g/mol. The van der Waals surface area contributed by atoms with Gasteiger partial charge in [-0.05, 0) is 78.6 Å². The summed E-state index contributed by atoms with van der Waals surface area (Å²) in [4.78, 5) is 25.0. The Balaban J connectivity index is 1.28. The van der Waals surface area contributed by atoms with Gasteiger partial charge in [-0.2, -0.15) is 0 Å². The molecule has 188 valence electrons. The van der Waals surface area contributed by atoms with E-state index in [1.807, 2.05) is 36.4 Å². The molecule has 1 aliphatic rings. The maximum absolute atomic E-state index is 12.6. The Kier molecular flexibility index (Phi) is 8.49. The van der Waals surface area contributed by atoms with Crippen LogP contribution in [0, 0.1) is 0 Å². The molecule has 4 rings (SSSR count). The van der Waals surface area contributed by atoms with Crippen LogP contribution in [0.15, 0.2) is 66.7 Å². The van der Waals surface area contributed by atoms with Gasteiger partial charge in [0.05, 0.1) is 20.0 Å². The first-order valence-corrected chi connectivity index (χ1v) is 12.5. The van der Waals surface area contributed by atoms with Crippen LogP contribution < -0.4 is 10.1 Å². The summed E-state index contributed by atoms with van der Waals surface area (Å²) in [5.41, 5.74) is 3.44. The van der Waals surface area contributed by atoms with Crippen LogP contribution >= 0.6 is 11.6 Å². The van der Waals surface area contributed by atoms with E-state index in [1.165, 1.54) is 18.7 Å². The number of nitrogens with one attached hydrogen (secondary N) is 1. The Labute approximate surface area is 216 Å². The molecule has 0 atom stereocenters. The Morgan fingerprint density at radius 2 is 1.75 bits per heavy atom. The fraction of sp³-hybridized carbons (Fsp3) is 0.310. The van der Waals surface area contributed by atoms with Crippen molar-refractivity contribution in [2.45, 2.75) is 50.5 Å². The second kappa shape index (κ2) is 12.0. The minimum absolute atomic E-state index is 0.0411. The number of benzene rings is 3. The Morgan fingerprint density at radius 1 is 0.972 bits per heavy atom. The van der Waals surface area contributed by atoms with Crippen LogP contribution in [0.5, 0.6) is 11.5 Å². The van der Waals surface area contributed by atoms with Gasteiger partial charge >= 0.3 is 5.97 Å². The predicted molar refractivity (Wildman–Crippen MR) is 140 cm³/mol. The van der Waals surface area contributed by atoms with Gasteiger partial charge in [-0.25, -0.2) is 0 Å². The molecule has 7 heteroatoms. The predicted octanol–water partition coefficient (Wildman–Crippen LogP) is 6.05. The summed E-state index contributed by atoms with van der Waals surface area (Å²) in [5, 5.41) is 13.3. The van der Waals surface area contributed by atoms with Gasteiger partial charge in [0, 0.05) is 10.7 Å². The van der Waals surface area contributed by atoms with E-state index >= 15 is 0 Å². The van der Waals surface area contributed by atoms with Crippen molar-refractivity contribution in [2.75, 3.05) is 12.4 Å². The van der Waals surface area contributed by atoms with Crippen LogP contribution in [-0.4, -0.2) is 30.2 Å². The summed E-state index contributed by atoms with van der Waals surface area (Å²) in [6.07, 6.45) is 3.70. The number of rotatable bonds is 8. The molecule has 2 N–H and O–H groups in total. The first-order valence-electron chi connectivity index (χ1n) is 12.1. The van der Waals surface area contributed by atoms with E-state index in [0.29, 0.717) is 16.7 Å². The van der Waals surface area contributed by atoms with E-state index < -0.39 is 0 Å². The number of phenolic OH excluding ortho intramolecular Hbond substituents is 1. The van der Waals surface area contributed by atoms with Crippen LogP contribution in [0.25, 0.3) is 0 Å². The van der Waals surface area contributed by atoms with Crippen molar-refractivity contribution in [2.24, 2.45) is 0 Å². The van der Waals surface area contributed by atoms with Gasteiger partial charge in [0.2, 0.25) is 5.91 Å². The summed E-state index contributed by atoms with van der Waals surface area (Å²) in [5.74, 6) is 0.338. The van der Waals surface area contributed by atoms with Crippen molar-refractivity contribution >= 4 is 29.2 Å². The number of methoxy groups -OCH3 is 1. The van der Waals surface area contributed by atoms with Gasteiger partial charge in [-0.1, -0.05) is 48.0 Å². The van der Waals surface area contributed by atoms with Gasteiger partial charge in [0.1, 0.15) is 6.10 Å². The minimum Gasteiger partial charge on any atom is -0.504 e. The number of anilines is 1. The minimum atomic E-state index is -0.248. The van der Waals surface area contributed by atoms with E-state index in [9.17, 15) is 14.7 Å². The molecule has 0 saturated heterocycles. The largest absolute Gasteiger partial charge is 0.504 e. The molecule has 6 nitrogen and oxygen atoms in total. The van der Waals surface area contributed by atoms with Crippen LogP contribution in [0.4, 0.5) is 5.69 Å². The van der Waals surface area contributed by atoms with Crippen molar-refractivity contribution < 1.29 is 24.2 Å². The normalized spacial score (nSPS) is 17.3. The Bertz CT molecular complexity index is 1220. The van der Waals surface area contributed by atoms with Gasteiger partial charge in [0.25, 0.3) is 0 Å². The van der Waals surface area contributed by atoms with Gasteiger partial charge < -0.3 is 19.9 Å². The lowest BCUT2D eigenvalue weighted by Gasteiger charge is -2.29. The number of aromatic hydroxyl groups is 1. The molecule has 0 heterocycles. The molecule has 0 radical (unpaired) electrons. The Hall–Kier alpha value is -3.51. The third-order valence-electron chi connectivity index (χ3n) is 6.52. The highest BCUT2D eigenvalue weighted by Gasteiger charge is 2.25. The van der Waals surface area contributed by atoms with Crippen molar-refractivity contribution in [3.05, 3.63) is 88.4 Å².